The fraction of sp³-hybridized carbons (Fsp3) is 0.778. The Morgan fingerprint density at radius 2 is 0.676 bits per heavy atom. The molecule has 0 radical (unpaired) electrons. The molecular weight excluding hydrogens is 837 g/mol. The molecule has 0 amide bonds. The average molecular weight is 950 g/mol. The molecule has 0 rings (SSSR count). The van der Waals surface area contributed by atoms with Crippen LogP contribution in [0.4, 0.5) is 0 Å². The fourth-order valence-corrected chi connectivity index (χ4v) is 8.37. The number of rotatable bonds is 54. The minimum absolute atomic E-state index is 0.0627. The first kappa shape index (κ1) is 65.3. The Hall–Kier alpha value is -2.66. The summed E-state index contributed by atoms with van der Waals surface area (Å²) in [5, 5.41) is 0. The minimum atomic E-state index is -0.567. The number of unbranched alkanes of at least 4 members (excludes halogenated alkanes) is 31. The van der Waals surface area contributed by atoms with Gasteiger partial charge < -0.3 is 14.2 Å². The van der Waals surface area contributed by atoms with Crippen LogP contribution < -0.4 is 0 Å². The Morgan fingerprint density at radius 3 is 1.12 bits per heavy atom. The third-order valence-corrected chi connectivity index (χ3v) is 12.7. The van der Waals surface area contributed by atoms with Crippen LogP contribution in [-0.2, 0) is 23.8 Å². The van der Waals surface area contributed by atoms with E-state index < -0.39 is 6.10 Å². The number of ether oxygens (including phenoxy) is 3. The van der Waals surface area contributed by atoms with Gasteiger partial charge in [-0.15, -0.1) is 0 Å². The molecule has 0 aromatic carbocycles. The van der Waals surface area contributed by atoms with Gasteiger partial charge in [0, 0.05) is 19.4 Å². The molecule has 0 fully saturated rings. The number of hydrogen-bond donors (Lipinski definition) is 0. The highest BCUT2D eigenvalue weighted by Gasteiger charge is 2.17. The molecule has 0 aromatic rings. The first-order valence-electron chi connectivity index (χ1n) is 29.5. The largest absolute Gasteiger partial charge is 0.462 e. The third-order valence-electron chi connectivity index (χ3n) is 12.7. The molecule has 0 N–H and O–H groups in total. The lowest BCUT2D eigenvalue weighted by Crippen LogP contribution is -2.30. The molecule has 0 saturated heterocycles. The molecule has 1 atom stereocenters. The molecule has 0 spiro atoms. The second kappa shape index (κ2) is 58.7. The number of carbonyl (C=O) groups is 2. The Balaban J connectivity index is 4.33. The Kier molecular flexibility index (Phi) is 56.4. The summed E-state index contributed by atoms with van der Waals surface area (Å²) in [7, 11) is 0. The van der Waals surface area contributed by atoms with Gasteiger partial charge in [-0.05, 0) is 83.5 Å². The average Bonchev–Trinajstić information content (AvgIpc) is 3.34. The third kappa shape index (κ3) is 55.9. The van der Waals surface area contributed by atoms with Crippen molar-refractivity contribution in [2.45, 2.75) is 297 Å². The van der Waals surface area contributed by atoms with E-state index in [0.29, 0.717) is 19.4 Å². The van der Waals surface area contributed by atoms with E-state index >= 15 is 0 Å². The molecule has 5 nitrogen and oxygen atoms in total. The van der Waals surface area contributed by atoms with E-state index in [2.05, 4.69) is 93.7 Å². The van der Waals surface area contributed by atoms with Gasteiger partial charge in [0.1, 0.15) is 6.61 Å². The van der Waals surface area contributed by atoms with Crippen LogP contribution in [0, 0.1) is 0 Å². The van der Waals surface area contributed by atoms with Crippen LogP contribution in [0.2, 0.25) is 0 Å². The van der Waals surface area contributed by atoms with Gasteiger partial charge in [0.25, 0.3) is 0 Å². The van der Waals surface area contributed by atoms with Crippen molar-refractivity contribution in [1.82, 2.24) is 0 Å². The zero-order valence-corrected chi connectivity index (χ0v) is 45.4. The second-order valence-corrected chi connectivity index (χ2v) is 19.5. The molecular formula is C63H112O5. The highest BCUT2D eigenvalue weighted by molar-refractivity contribution is 5.70. The van der Waals surface area contributed by atoms with Crippen molar-refractivity contribution in [1.29, 1.82) is 0 Å². The topological polar surface area (TPSA) is 61.8 Å². The summed E-state index contributed by atoms with van der Waals surface area (Å²) in [4.78, 5) is 25.5. The van der Waals surface area contributed by atoms with Crippen LogP contribution >= 0.6 is 0 Å². The lowest BCUT2D eigenvalue weighted by molar-refractivity contribution is -0.162. The van der Waals surface area contributed by atoms with Crippen molar-refractivity contribution in [2.75, 3.05) is 19.8 Å². The molecule has 0 heterocycles. The van der Waals surface area contributed by atoms with Crippen molar-refractivity contribution in [3.8, 4) is 0 Å². The molecule has 0 aliphatic carbocycles. The maximum Gasteiger partial charge on any atom is 0.306 e. The van der Waals surface area contributed by atoms with E-state index in [9.17, 15) is 9.59 Å². The minimum Gasteiger partial charge on any atom is -0.462 e. The summed E-state index contributed by atoms with van der Waals surface area (Å²) in [6, 6.07) is 0. The summed E-state index contributed by atoms with van der Waals surface area (Å²) in [5.74, 6) is -0.455. The van der Waals surface area contributed by atoms with Crippen molar-refractivity contribution >= 4 is 11.9 Å². The van der Waals surface area contributed by atoms with E-state index in [1.165, 1.54) is 186 Å². The van der Waals surface area contributed by atoms with Crippen LogP contribution in [0.1, 0.15) is 290 Å². The highest BCUT2D eigenvalue weighted by Crippen LogP contribution is 2.16. The van der Waals surface area contributed by atoms with Gasteiger partial charge in [-0.2, -0.15) is 0 Å². The molecule has 0 aromatic heterocycles. The molecule has 0 aliphatic heterocycles. The van der Waals surface area contributed by atoms with Crippen molar-refractivity contribution in [3.63, 3.8) is 0 Å². The highest BCUT2D eigenvalue weighted by atomic mass is 16.6. The fourth-order valence-electron chi connectivity index (χ4n) is 8.37. The van der Waals surface area contributed by atoms with Gasteiger partial charge in [0.2, 0.25) is 0 Å². The van der Waals surface area contributed by atoms with Crippen LogP contribution in [-0.4, -0.2) is 37.9 Å². The smallest absolute Gasteiger partial charge is 0.306 e. The lowest BCUT2D eigenvalue weighted by atomic mass is 10.0. The lowest BCUT2D eigenvalue weighted by Gasteiger charge is -2.18. The summed E-state index contributed by atoms with van der Waals surface area (Å²) in [6.07, 6.45) is 76.5. The SMILES string of the molecule is CC/C=C\C/C=C\C/C=C\C/C=C\C/C=C\CCCC(=O)OC(COCCCCCCCCCCCCCCCCCC)COC(=O)CCCCCCCCCCC/C=C\CCCCCCCC. The van der Waals surface area contributed by atoms with E-state index in [0.717, 1.165) is 70.6 Å². The molecule has 394 valence electrons. The Bertz CT molecular complexity index is 1210. The van der Waals surface area contributed by atoms with Crippen LogP contribution in [0.3, 0.4) is 0 Å². The molecule has 5 heteroatoms. The summed E-state index contributed by atoms with van der Waals surface area (Å²) in [5.41, 5.74) is 0. The quantitative estimate of drug-likeness (QED) is 0.0345. The first-order valence-corrected chi connectivity index (χ1v) is 29.5. The van der Waals surface area contributed by atoms with Crippen molar-refractivity contribution in [2.24, 2.45) is 0 Å². The number of carbonyl (C=O) groups excluding carboxylic acids is 2. The zero-order chi connectivity index (χ0) is 49.2. The van der Waals surface area contributed by atoms with Gasteiger partial charge in [-0.25, -0.2) is 0 Å². The molecule has 1 unspecified atom stereocenters. The van der Waals surface area contributed by atoms with Crippen LogP contribution in [0.25, 0.3) is 0 Å². The molecule has 0 bridgehead atoms. The van der Waals surface area contributed by atoms with Crippen molar-refractivity contribution < 1.29 is 23.8 Å². The van der Waals surface area contributed by atoms with Crippen LogP contribution in [0.15, 0.2) is 72.9 Å². The van der Waals surface area contributed by atoms with Gasteiger partial charge in [0.05, 0.1) is 6.61 Å². The number of allylic oxidation sites excluding steroid dienone is 12. The monoisotopic (exact) mass is 949 g/mol. The molecule has 0 saturated carbocycles. The van der Waals surface area contributed by atoms with Gasteiger partial charge in [-0.3, -0.25) is 9.59 Å². The zero-order valence-electron chi connectivity index (χ0n) is 45.4. The normalized spacial score (nSPS) is 12.7. The predicted molar refractivity (Wildman–Crippen MR) is 297 cm³/mol. The number of hydrogen-bond acceptors (Lipinski definition) is 5. The predicted octanol–water partition coefficient (Wildman–Crippen LogP) is 20.2. The van der Waals surface area contributed by atoms with Gasteiger partial charge in [0.15, 0.2) is 6.10 Å². The maximum atomic E-state index is 12.8. The van der Waals surface area contributed by atoms with Crippen LogP contribution in [0.5, 0.6) is 0 Å². The van der Waals surface area contributed by atoms with Crippen molar-refractivity contribution in [3.05, 3.63) is 72.9 Å². The molecule has 0 aliphatic rings. The number of esters is 2. The van der Waals surface area contributed by atoms with Gasteiger partial charge in [-0.1, -0.05) is 267 Å². The summed E-state index contributed by atoms with van der Waals surface area (Å²) < 4.78 is 17.4. The first-order chi connectivity index (χ1) is 33.6. The standard InChI is InChI=1S/C63H112O5/c1-4-7-10-13-16-19-22-25-28-31-32-34-35-38-41-44-47-50-53-56-62(64)67-60-61(59-66-58-55-52-49-46-43-40-37-30-27-24-21-18-15-12-9-6-3)68-63(65)57-54-51-48-45-42-39-36-33-29-26-23-20-17-14-11-8-5-2/h8,11,17,20,25-26,28-29,36,39,45,48,61H,4-7,9-10,12-16,18-19,21-24,27,30-35,37-38,40-44,46-47,49-60H2,1-3H3/b11-8-,20-17-,28-25-,29-26-,39-36-,48-45-. The van der Waals surface area contributed by atoms with Gasteiger partial charge >= 0.3 is 11.9 Å². The molecule has 68 heavy (non-hydrogen) atoms. The maximum absolute atomic E-state index is 12.8. The Labute approximate surface area is 423 Å². The second-order valence-electron chi connectivity index (χ2n) is 19.5. The van der Waals surface area contributed by atoms with E-state index in [-0.39, 0.29) is 25.2 Å². The van der Waals surface area contributed by atoms with E-state index in [1.54, 1.807) is 0 Å². The summed E-state index contributed by atoms with van der Waals surface area (Å²) in [6.45, 7) is 7.69. The summed E-state index contributed by atoms with van der Waals surface area (Å²) >= 11 is 0. The van der Waals surface area contributed by atoms with E-state index in [1.807, 2.05) is 0 Å². The Morgan fingerprint density at radius 1 is 0.338 bits per heavy atom. The van der Waals surface area contributed by atoms with E-state index in [4.69, 9.17) is 14.2 Å².